The predicted octanol–water partition coefficient (Wildman–Crippen LogP) is 2.69. The van der Waals surface area contributed by atoms with E-state index in [0.717, 1.165) is 25.7 Å². The lowest BCUT2D eigenvalue weighted by molar-refractivity contribution is -0.143. The van der Waals surface area contributed by atoms with Gasteiger partial charge in [0.1, 0.15) is 0 Å². The van der Waals surface area contributed by atoms with E-state index in [-0.39, 0.29) is 5.97 Å². The number of ether oxygens (including phenoxy) is 1. The first-order valence-corrected chi connectivity index (χ1v) is 4.57. The number of hydrogen-bond acceptors (Lipinski definition) is 2. The zero-order valence-electron chi connectivity index (χ0n) is 7.84. The van der Waals surface area contributed by atoms with Crippen LogP contribution in [-0.4, -0.2) is 12.6 Å². The van der Waals surface area contributed by atoms with Crippen LogP contribution in [0.15, 0.2) is 12.7 Å². The van der Waals surface area contributed by atoms with Crippen LogP contribution in [0.1, 0.15) is 39.0 Å². The van der Waals surface area contributed by atoms with Gasteiger partial charge < -0.3 is 4.74 Å². The normalized spacial score (nSPS) is 9.42. The van der Waals surface area contributed by atoms with Crippen LogP contribution >= 0.6 is 0 Å². The molecule has 0 atom stereocenters. The fraction of sp³-hybridized carbons (Fsp3) is 0.700. The van der Waals surface area contributed by atoms with Crippen molar-refractivity contribution in [3.63, 3.8) is 0 Å². The lowest BCUT2D eigenvalue weighted by atomic mass is 10.2. The third-order valence-corrected chi connectivity index (χ3v) is 1.55. The zero-order chi connectivity index (χ0) is 9.23. The Hall–Kier alpha value is -0.790. The monoisotopic (exact) mass is 170 g/mol. The molecule has 0 N–H and O–H groups in total. The van der Waals surface area contributed by atoms with E-state index in [9.17, 15) is 4.79 Å². The summed E-state index contributed by atoms with van der Waals surface area (Å²) >= 11 is 0. The fourth-order valence-electron chi connectivity index (χ4n) is 0.807. The van der Waals surface area contributed by atoms with E-state index in [1.54, 1.807) is 0 Å². The summed E-state index contributed by atoms with van der Waals surface area (Å²) in [6.07, 6.45) is 6.18. The van der Waals surface area contributed by atoms with E-state index < -0.39 is 0 Å². The lowest BCUT2D eigenvalue weighted by Gasteiger charge is -2.01. The van der Waals surface area contributed by atoms with Crippen molar-refractivity contribution in [3.05, 3.63) is 12.7 Å². The van der Waals surface area contributed by atoms with Crippen molar-refractivity contribution >= 4 is 5.97 Å². The Labute approximate surface area is 74.6 Å². The molecule has 0 spiro atoms. The molecule has 0 unspecified atom stereocenters. The molecule has 0 radical (unpaired) electrons. The molecule has 0 amide bonds. The smallest absolute Gasteiger partial charge is 0.305 e. The van der Waals surface area contributed by atoms with Gasteiger partial charge in [-0.25, -0.2) is 0 Å². The molecule has 0 aromatic rings. The number of esters is 1. The maximum absolute atomic E-state index is 10.9. The van der Waals surface area contributed by atoms with Crippen molar-refractivity contribution in [1.29, 1.82) is 0 Å². The Bertz CT molecular complexity index is 130. The molecule has 0 rings (SSSR count). The standard InChI is InChI=1S/C10H18O2/c1-3-5-7-9-12-10(11)8-6-4-2/h3H,1,4-9H2,2H3. The summed E-state index contributed by atoms with van der Waals surface area (Å²) in [6, 6.07) is 0. The molecule has 0 bridgehead atoms. The molecule has 0 aliphatic carbocycles. The minimum atomic E-state index is -0.0686. The molecule has 0 aromatic heterocycles. The Morgan fingerprint density at radius 3 is 2.83 bits per heavy atom. The molecule has 0 saturated heterocycles. The second kappa shape index (κ2) is 8.31. The summed E-state index contributed by atoms with van der Waals surface area (Å²) in [6.45, 7) is 6.18. The van der Waals surface area contributed by atoms with Gasteiger partial charge in [-0.2, -0.15) is 0 Å². The van der Waals surface area contributed by atoms with Crippen LogP contribution in [0.25, 0.3) is 0 Å². The summed E-state index contributed by atoms with van der Waals surface area (Å²) in [5.74, 6) is -0.0686. The molecule has 70 valence electrons. The average molecular weight is 170 g/mol. The quantitative estimate of drug-likeness (QED) is 0.333. The van der Waals surface area contributed by atoms with Gasteiger partial charge >= 0.3 is 5.97 Å². The van der Waals surface area contributed by atoms with Crippen molar-refractivity contribution in [2.24, 2.45) is 0 Å². The molecule has 0 aliphatic rings. The maximum atomic E-state index is 10.9. The summed E-state index contributed by atoms with van der Waals surface area (Å²) < 4.78 is 4.96. The number of allylic oxidation sites excluding steroid dienone is 1. The number of hydrogen-bond donors (Lipinski definition) is 0. The highest BCUT2D eigenvalue weighted by atomic mass is 16.5. The topological polar surface area (TPSA) is 26.3 Å². The van der Waals surface area contributed by atoms with Gasteiger partial charge in [0.2, 0.25) is 0 Å². The summed E-state index contributed by atoms with van der Waals surface area (Å²) in [7, 11) is 0. The van der Waals surface area contributed by atoms with Crippen molar-refractivity contribution < 1.29 is 9.53 Å². The molecule has 2 nitrogen and oxygen atoms in total. The Morgan fingerprint density at radius 1 is 1.50 bits per heavy atom. The fourth-order valence-corrected chi connectivity index (χ4v) is 0.807. The van der Waals surface area contributed by atoms with Crippen LogP contribution in [-0.2, 0) is 9.53 Å². The second-order valence-corrected chi connectivity index (χ2v) is 2.75. The number of carbonyl (C=O) groups is 1. The van der Waals surface area contributed by atoms with Crippen LogP contribution in [0.3, 0.4) is 0 Å². The van der Waals surface area contributed by atoms with E-state index >= 15 is 0 Å². The van der Waals surface area contributed by atoms with Crippen LogP contribution in [0.5, 0.6) is 0 Å². The SMILES string of the molecule is C=CCCCOC(=O)CCCC. The average Bonchev–Trinajstić information content (AvgIpc) is 2.09. The van der Waals surface area contributed by atoms with E-state index in [1.807, 2.05) is 6.08 Å². The van der Waals surface area contributed by atoms with E-state index in [1.165, 1.54) is 0 Å². The molecule has 0 fully saturated rings. The Kier molecular flexibility index (Phi) is 7.76. The van der Waals surface area contributed by atoms with Gasteiger partial charge in [0.25, 0.3) is 0 Å². The van der Waals surface area contributed by atoms with Gasteiger partial charge in [0.15, 0.2) is 0 Å². The third-order valence-electron chi connectivity index (χ3n) is 1.55. The number of carbonyl (C=O) groups excluding carboxylic acids is 1. The molecular weight excluding hydrogens is 152 g/mol. The van der Waals surface area contributed by atoms with Crippen molar-refractivity contribution in [1.82, 2.24) is 0 Å². The predicted molar refractivity (Wildman–Crippen MR) is 49.9 cm³/mol. The van der Waals surface area contributed by atoms with Gasteiger partial charge in [0, 0.05) is 6.42 Å². The van der Waals surface area contributed by atoms with Gasteiger partial charge in [-0.05, 0) is 19.3 Å². The maximum Gasteiger partial charge on any atom is 0.305 e. The Morgan fingerprint density at radius 2 is 2.25 bits per heavy atom. The lowest BCUT2D eigenvalue weighted by Crippen LogP contribution is -2.04. The minimum Gasteiger partial charge on any atom is -0.466 e. The van der Waals surface area contributed by atoms with Gasteiger partial charge in [-0.3, -0.25) is 4.79 Å². The molecule has 2 heteroatoms. The zero-order valence-corrected chi connectivity index (χ0v) is 7.84. The molecular formula is C10H18O2. The van der Waals surface area contributed by atoms with Crippen molar-refractivity contribution in [3.8, 4) is 0 Å². The van der Waals surface area contributed by atoms with Crippen LogP contribution in [0, 0.1) is 0 Å². The highest BCUT2D eigenvalue weighted by Crippen LogP contribution is 1.98. The first-order chi connectivity index (χ1) is 5.81. The first-order valence-electron chi connectivity index (χ1n) is 4.57. The minimum absolute atomic E-state index is 0.0686. The van der Waals surface area contributed by atoms with Gasteiger partial charge in [0.05, 0.1) is 6.61 Å². The number of unbranched alkanes of at least 4 members (excludes halogenated alkanes) is 2. The van der Waals surface area contributed by atoms with Crippen LogP contribution < -0.4 is 0 Å². The second-order valence-electron chi connectivity index (χ2n) is 2.75. The third kappa shape index (κ3) is 7.32. The summed E-state index contributed by atoms with van der Waals surface area (Å²) in [5, 5.41) is 0. The largest absolute Gasteiger partial charge is 0.466 e. The first kappa shape index (κ1) is 11.2. The van der Waals surface area contributed by atoms with E-state index in [0.29, 0.717) is 13.0 Å². The molecule has 0 saturated carbocycles. The van der Waals surface area contributed by atoms with Gasteiger partial charge in [-0.1, -0.05) is 19.4 Å². The number of rotatable bonds is 7. The molecule has 0 aromatic carbocycles. The molecule has 0 aliphatic heterocycles. The summed E-state index contributed by atoms with van der Waals surface area (Å²) in [5.41, 5.74) is 0. The Balaban J connectivity index is 3.13. The van der Waals surface area contributed by atoms with E-state index in [2.05, 4.69) is 13.5 Å². The highest BCUT2D eigenvalue weighted by Gasteiger charge is 1.99. The van der Waals surface area contributed by atoms with Crippen molar-refractivity contribution in [2.75, 3.05) is 6.61 Å². The van der Waals surface area contributed by atoms with Crippen LogP contribution in [0.2, 0.25) is 0 Å². The van der Waals surface area contributed by atoms with Gasteiger partial charge in [-0.15, -0.1) is 6.58 Å². The highest BCUT2D eigenvalue weighted by molar-refractivity contribution is 5.69. The van der Waals surface area contributed by atoms with Crippen LogP contribution in [0.4, 0.5) is 0 Å². The van der Waals surface area contributed by atoms with Crippen molar-refractivity contribution in [2.45, 2.75) is 39.0 Å². The molecule has 12 heavy (non-hydrogen) atoms. The summed E-state index contributed by atoms with van der Waals surface area (Å²) in [4.78, 5) is 10.9. The van der Waals surface area contributed by atoms with E-state index in [4.69, 9.17) is 4.74 Å². The molecule has 0 heterocycles.